The van der Waals surface area contributed by atoms with Gasteiger partial charge in [0.15, 0.2) is 0 Å². The molecular weight excluding hydrogens is 210 g/mol. The highest BCUT2D eigenvalue weighted by Crippen LogP contribution is 2.28. The molecule has 0 aliphatic heterocycles. The van der Waals surface area contributed by atoms with E-state index < -0.39 is 0 Å². The van der Waals surface area contributed by atoms with Crippen LogP contribution in [0.2, 0.25) is 0 Å². The van der Waals surface area contributed by atoms with Gasteiger partial charge < -0.3 is 10.5 Å². The molecular formula is C15H25NO. The first-order valence-electron chi connectivity index (χ1n) is 6.45. The summed E-state index contributed by atoms with van der Waals surface area (Å²) in [7, 11) is 0. The van der Waals surface area contributed by atoms with Crippen molar-refractivity contribution < 1.29 is 4.74 Å². The van der Waals surface area contributed by atoms with Crippen LogP contribution in [0.1, 0.15) is 51.7 Å². The quantitative estimate of drug-likeness (QED) is 0.791. The summed E-state index contributed by atoms with van der Waals surface area (Å²) >= 11 is 0. The third-order valence-electron chi connectivity index (χ3n) is 2.91. The monoisotopic (exact) mass is 235 g/mol. The molecule has 0 aliphatic rings. The van der Waals surface area contributed by atoms with Crippen molar-refractivity contribution in [1.82, 2.24) is 0 Å². The highest BCUT2D eigenvalue weighted by Gasteiger charge is 2.15. The minimum absolute atomic E-state index is 0.149. The van der Waals surface area contributed by atoms with Gasteiger partial charge in [0.25, 0.3) is 0 Å². The van der Waals surface area contributed by atoms with E-state index in [1.165, 1.54) is 5.56 Å². The predicted molar refractivity (Wildman–Crippen MR) is 73.4 cm³/mol. The van der Waals surface area contributed by atoms with E-state index in [-0.39, 0.29) is 5.41 Å². The van der Waals surface area contributed by atoms with Crippen molar-refractivity contribution in [3.8, 4) is 5.75 Å². The Morgan fingerprint density at radius 1 is 1.24 bits per heavy atom. The Bertz CT molecular complexity index is 352. The molecule has 0 radical (unpaired) electrons. The maximum Gasteiger partial charge on any atom is 0.124 e. The highest BCUT2D eigenvalue weighted by molar-refractivity contribution is 5.40. The molecule has 1 aromatic rings. The first kappa shape index (κ1) is 14.0. The van der Waals surface area contributed by atoms with Crippen LogP contribution in [0.15, 0.2) is 18.2 Å². The third-order valence-corrected chi connectivity index (χ3v) is 2.91. The van der Waals surface area contributed by atoms with Crippen LogP contribution in [0.25, 0.3) is 0 Å². The van der Waals surface area contributed by atoms with E-state index >= 15 is 0 Å². The first-order valence-corrected chi connectivity index (χ1v) is 6.45. The third kappa shape index (κ3) is 4.04. The van der Waals surface area contributed by atoms with Gasteiger partial charge in [-0.05, 0) is 23.5 Å². The lowest BCUT2D eigenvalue weighted by Crippen LogP contribution is -2.12. The Kier molecular flexibility index (Phi) is 5.01. The summed E-state index contributed by atoms with van der Waals surface area (Å²) in [5.41, 5.74) is 8.27. The van der Waals surface area contributed by atoms with Crippen LogP contribution in [0.4, 0.5) is 0 Å². The van der Waals surface area contributed by atoms with Crippen LogP contribution in [-0.4, -0.2) is 6.61 Å². The summed E-state index contributed by atoms with van der Waals surface area (Å²) in [5.74, 6) is 0.952. The van der Waals surface area contributed by atoms with Crippen molar-refractivity contribution in [3.63, 3.8) is 0 Å². The van der Waals surface area contributed by atoms with E-state index in [1.807, 2.05) is 0 Å². The molecule has 0 fully saturated rings. The molecule has 17 heavy (non-hydrogen) atoms. The second-order valence-corrected chi connectivity index (χ2v) is 5.48. The number of hydrogen-bond donors (Lipinski definition) is 1. The second kappa shape index (κ2) is 6.06. The largest absolute Gasteiger partial charge is 0.493 e. The number of unbranched alkanes of at least 4 members (excludes halogenated alkanes) is 1. The van der Waals surface area contributed by atoms with Crippen LogP contribution < -0.4 is 10.5 Å². The van der Waals surface area contributed by atoms with Gasteiger partial charge >= 0.3 is 0 Å². The zero-order valence-corrected chi connectivity index (χ0v) is 11.5. The zero-order chi connectivity index (χ0) is 12.9. The van der Waals surface area contributed by atoms with E-state index in [9.17, 15) is 0 Å². The zero-order valence-electron chi connectivity index (χ0n) is 11.5. The fourth-order valence-corrected chi connectivity index (χ4v) is 1.65. The lowest BCUT2D eigenvalue weighted by molar-refractivity contribution is 0.305. The minimum Gasteiger partial charge on any atom is -0.493 e. The van der Waals surface area contributed by atoms with E-state index in [2.05, 4.69) is 45.9 Å². The molecule has 0 amide bonds. The van der Waals surface area contributed by atoms with Crippen LogP contribution in [0, 0.1) is 0 Å². The molecule has 2 nitrogen and oxygen atoms in total. The summed E-state index contributed by atoms with van der Waals surface area (Å²) in [4.78, 5) is 0. The van der Waals surface area contributed by atoms with Gasteiger partial charge in [-0.2, -0.15) is 0 Å². The summed E-state index contributed by atoms with van der Waals surface area (Å²) in [6.07, 6.45) is 2.24. The predicted octanol–water partition coefficient (Wildman–Crippen LogP) is 3.62. The summed E-state index contributed by atoms with van der Waals surface area (Å²) < 4.78 is 5.82. The van der Waals surface area contributed by atoms with Gasteiger partial charge in [0.1, 0.15) is 5.75 Å². The van der Waals surface area contributed by atoms with Gasteiger partial charge in [0.2, 0.25) is 0 Å². The summed E-state index contributed by atoms with van der Waals surface area (Å²) in [5, 5.41) is 0. The highest BCUT2D eigenvalue weighted by atomic mass is 16.5. The molecule has 0 heterocycles. The lowest BCUT2D eigenvalue weighted by Gasteiger charge is -2.21. The molecule has 96 valence electrons. The average molecular weight is 235 g/mol. The first-order chi connectivity index (χ1) is 7.99. The fourth-order valence-electron chi connectivity index (χ4n) is 1.65. The molecule has 1 aromatic carbocycles. The van der Waals surface area contributed by atoms with Crippen molar-refractivity contribution in [2.45, 2.75) is 52.5 Å². The standard InChI is InChI=1S/C15H25NO/c1-5-6-9-17-14-10-13(15(2,3)4)8-7-12(14)11-16/h7-8,10H,5-6,9,11,16H2,1-4H3. The Morgan fingerprint density at radius 3 is 2.47 bits per heavy atom. The SMILES string of the molecule is CCCCOc1cc(C(C)(C)C)ccc1CN. The number of rotatable bonds is 5. The van der Waals surface area contributed by atoms with Crippen LogP contribution in [0.3, 0.4) is 0 Å². The minimum atomic E-state index is 0.149. The molecule has 0 unspecified atom stereocenters. The van der Waals surface area contributed by atoms with E-state index in [4.69, 9.17) is 10.5 Å². The van der Waals surface area contributed by atoms with Crippen LogP contribution >= 0.6 is 0 Å². The molecule has 0 aliphatic carbocycles. The van der Waals surface area contributed by atoms with Gasteiger partial charge in [0, 0.05) is 12.1 Å². The molecule has 0 spiro atoms. The molecule has 1 rings (SSSR count). The number of ether oxygens (including phenoxy) is 1. The fraction of sp³-hybridized carbons (Fsp3) is 0.600. The van der Waals surface area contributed by atoms with Gasteiger partial charge in [-0.15, -0.1) is 0 Å². The summed E-state index contributed by atoms with van der Waals surface area (Å²) in [6, 6.07) is 6.37. The van der Waals surface area contributed by atoms with Gasteiger partial charge in [0.05, 0.1) is 6.61 Å². The topological polar surface area (TPSA) is 35.2 Å². The second-order valence-electron chi connectivity index (χ2n) is 5.48. The molecule has 2 N–H and O–H groups in total. The molecule has 0 aromatic heterocycles. The van der Waals surface area contributed by atoms with Crippen LogP contribution in [-0.2, 0) is 12.0 Å². The Balaban J connectivity index is 2.90. The number of nitrogens with two attached hydrogens (primary N) is 1. The normalized spacial score (nSPS) is 11.6. The maximum absolute atomic E-state index is 5.82. The van der Waals surface area contributed by atoms with Crippen molar-refractivity contribution in [1.29, 1.82) is 0 Å². The van der Waals surface area contributed by atoms with Gasteiger partial charge in [-0.1, -0.05) is 46.2 Å². The van der Waals surface area contributed by atoms with Crippen molar-refractivity contribution >= 4 is 0 Å². The molecule has 0 saturated carbocycles. The van der Waals surface area contributed by atoms with Gasteiger partial charge in [-0.25, -0.2) is 0 Å². The van der Waals surface area contributed by atoms with E-state index in [0.29, 0.717) is 6.54 Å². The Hall–Kier alpha value is -1.02. The molecule has 0 atom stereocenters. The lowest BCUT2D eigenvalue weighted by atomic mass is 9.86. The van der Waals surface area contributed by atoms with Crippen molar-refractivity contribution in [3.05, 3.63) is 29.3 Å². The number of hydrogen-bond acceptors (Lipinski definition) is 2. The molecule has 2 heteroatoms. The average Bonchev–Trinajstić information content (AvgIpc) is 2.28. The van der Waals surface area contributed by atoms with Crippen LogP contribution in [0.5, 0.6) is 5.75 Å². The van der Waals surface area contributed by atoms with Crippen molar-refractivity contribution in [2.24, 2.45) is 5.73 Å². The number of benzene rings is 1. The maximum atomic E-state index is 5.82. The Morgan fingerprint density at radius 2 is 1.94 bits per heavy atom. The molecule has 0 bridgehead atoms. The van der Waals surface area contributed by atoms with Crippen molar-refractivity contribution in [2.75, 3.05) is 6.61 Å². The van der Waals surface area contributed by atoms with E-state index in [1.54, 1.807) is 0 Å². The van der Waals surface area contributed by atoms with Gasteiger partial charge in [-0.3, -0.25) is 0 Å². The Labute approximate surface area is 105 Å². The smallest absolute Gasteiger partial charge is 0.124 e. The summed E-state index contributed by atoms with van der Waals surface area (Å²) in [6.45, 7) is 10.1. The molecule has 0 saturated heterocycles. The van der Waals surface area contributed by atoms with E-state index in [0.717, 1.165) is 30.8 Å².